The van der Waals surface area contributed by atoms with Crippen molar-refractivity contribution >= 4 is 34.1 Å². The van der Waals surface area contributed by atoms with Gasteiger partial charge in [0.15, 0.2) is 11.5 Å². The van der Waals surface area contributed by atoms with Crippen LogP contribution >= 0.6 is 11.6 Å². The highest BCUT2D eigenvalue weighted by Crippen LogP contribution is 2.30. The quantitative estimate of drug-likeness (QED) is 0.451. The Balaban J connectivity index is 1.59. The number of fused-ring (bicyclic) bond motifs is 1. The lowest BCUT2D eigenvalue weighted by molar-refractivity contribution is 0.101. The molecule has 146 valence electrons. The van der Waals surface area contributed by atoms with Crippen LogP contribution in [0.1, 0.15) is 23.8 Å². The van der Waals surface area contributed by atoms with Gasteiger partial charge in [0.2, 0.25) is 0 Å². The molecule has 0 saturated heterocycles. The molecule has 29 heavy (non-hydrogen) atoms. The summed E-state index contributed by atoms with van der Waals surface area (Å²) >= 11 is 5.91. The largest absolute Gasteiger partial charge is 0.491 e. The Labute approximate surface area is 172 Å². The van der Waals surface area contributed by atoms with E-state index >= 15 is 0 Å². The van der Waals surface area contributed by atoms with E-state index in [1.807, 2.05) is 25.1 Å². The lowest BCUT2D eigenvalue weighted by Gasteiger charge is -2.11. The number of hydrogen-bond acceptors (Lipinski definition) is 5. The van der Waals surface area contributed by atoms with Crippen LogP contribution in [0, 0.1) is 0 Å². The van der Waals surface area contributed by atoms with Crippen LogP contribution in [0.2, 0.25) is 5.02 Å². The average molecular weight is 408 g/mol. The van der Waals surface area contributed by atoms with Gasteiger partial charge in [-0.05, 0) is 55.0 Å². The highest BCUT2D eigenvalue weighted by Gasteiger charge is 2.16. The Hall–Kier alpha value is -3.38. The fourth-order valence-electron chi connectivity index (χ4n) is 2.90. The van der Waals surface area contributed by atoms with Crippen molar-refractivity contribution in [3.63, 3.8) is 0 Å². The van der Waals surface area contributed by atoms with Gasteiger partial charge in [-0.1, -0.05) is 23.7 Å². The molecule has 2 aromatic carbocycles. The molecule has 1 N–H and O–H groups in total. The summed E-state index contributed by atoms with van der Waals surface area (Å²) in [6.45, 7) is 2.64. The Morgan fingerprint density at radius 2 is 2.00 bits per heavy atom. The van der Waals surface area contributed by atoms with Crippen molar-refractivity contribution in [2.75, 3.05) is 11.9 Å². The van der Waals surface area contributed by atoms with Gasteiger partial charge < -0.3 is 14.6 Å². The number of halogens is 1. The minimum absolute atomic E-state index is 0.179. The first-order valence-electron chi connectivity index (χ1n) is 9.20. The van der Waals surface area contributed by atoms with Crippen molar-refractivity contribution in [3.8, 4) is 17.1 Å². The maximum Gasteiger partial charge on any atom is 0.277 e. The Morgan fingerprint density at radius 1 is 1.17 bits per heavy atom. The van der Waals surface area contributed by atoms with E-state index in [2.05, 4.69) is 15.5 Å². The molecule has 0 aliphatic heterocycles. The summed E-state index contributed by atoms with van der Waals surface area (Å²) in [5.74, 6) is 0.801. The molecular weight excluding hydrogens is 390 g/mol. The number of pyridine rings is 1. The normalized spacial score (nSPS) is 10.8. The molecule has 0 atom stereocenters. The van der Waals surface area contributed by atoms with Crippen LogP contribution in [0.25, 0.3) is 22.2 Å². The van der Waals surface area contributed by atoms with Gasteiger partial charge >= 0.3 is 0 Å². The van der Waals surface area contributed by atoms with E-state index in [9.17, 15) is 4.79 Å². The topological polar surface area (TPSA) is 77.2 Å². The molecule has 1 amide bonds. The van der Waals surface area contributed by atoms with E-state index < -0.39 is 0 Å². The van der Waals surface area contributed by atoms with Crippen LogP contribution in [0.15, 0.2) is 65.3 Å². The maximum absolute atomic E-state index is 12.7. The summed E-state index contributed by atoms with van der Waals surface area (Å²) in [7, 11) is 0. The molecule has 4 rings (SSSR count). The number of anilines is 1. The van der Waals surface area contributed by atoms with Crippen molar-refractivity contribution in [3.05, 3.63) is 71.5 Å². The van der Waals surface area contributed by atoms with E-state index in [1.165, 1.54) is 0 Å². The second kappa shape index (κ2) is 8.32. The second-order valence-electron chi connectivity index (χ2n) is 6.40. The van der Waals surface area contributed by atoms with Crippen molar-refractivity contribution in [2.24, 2.45) is 0 Å². The third kappa shape index (κ3) is 4.07. The molecule has 6 nitrogen and oxygen atoms in total. The first-order valence-corrected chi connectivity index (χ1v) is 9.58. The van der Waals surface area contributed by atoms with Gasteiger partial charge in [0, 0.05) is 28.2 Å². The molecule has 0 unspecified atom stereocenters. The second-order valence-corrected chi connectivity index (χ2v) is 6.83. The van der Waals surface area contributed by atoms with E-state index in [4.69, 9.17) is 20.9 Å². The number of aromatic nitrogens is 2. The molecule has 0 radical (unpaired) electrons. The van der Waals surface area contributed by atoms with Crippen LogP contribution < -0.4 is 10.1 Å². The molecule has 0 fully saturated rings. The summed E-state index contributed by atoms with van der Waals surface area (Å²) in [6, 6.07) is 16.0. The Morgan fingerprint density at radius 3 is 2.79 bits per heavy atom. The van der Waals surface area contributed by atoms with Crippen molar-refractivity contribution in [1.29, 1.82) is 0 Å². The first-order chi connectivity index (χ1) is 14.2. The number of nitrogens with zero attached hydrogens (tertiary/aromatic N) is 2. The lowest BCUT2D eigenvalue weighted by atomic mass is 10.1. The van der Waals surface area contributed by atoms with E-state index in [0.717, 1.165) is 17.4 Å². The zero-order chi connectivity index (χ0) is 20.2. The van der Waals surface area contributed by atoms with Crippen LogP contribution in [0.3, 0.4) is 0 Å². The third-order valence-electron chi connectivity index (χ3n) is 4.31. The van der Waals surface area contributed by atoms with E-state index in [0.29, 0.717) is 34.3 Å². The number of amides is 1. The molecule has 0 bridgehead atoms. The van der Waals surface area contributed by atoms with Gasteiger partial charge in [-0.25, -0.2) is 0 Å². The number of carbonyl (C=O) groups is 1. The smallest absolute Gasteiger partial charge is 0.277 e. The zero-order valence-electron chi connectivity index (χ0n) is 15.7. The van der Waals surface area contributed by atoms with Gasteiger partial charge in [0.1, 0.15) is 11.3 Å². The van der Waals surface area contributed by atoms with E-state index in [1.54, 1.807) is 42.6 Å². The molecule has 0 saturated carbocycles. The fraction of sp³-hybridized carbons (Fsp3) is 0.136. The van der Waals surface area contributed by atoms with Crippen LogP contribution in [-0.2, 0) is 0 Å². The highest BCUT2D eigenvalue weighted by molar-refractivity contribution is 6.30. The van der Waals surface area contributed by atoms with Crippen LogP contribution in [-0.4, -0.2) is 22.7 Å². The first kappa shape index (κ1) is 19.0. The zero-order valence-corrected chi connectivity index (χ0v) is 16.4. The van der Waals surface area contributed by atoms with Crippen molar-refractivity contribution < 1.29 is 14.1 Å². The Kier molecular flexibility index (Phi) is 5.44. The molecule has 0 aliphatic carbocycles. The number of benzene rings is 2. The molecule has 0 aliphatic rings. The summed E-state index contributed by atoms with van der Waals surface area (Å²) in [5, 5.41) is 8.18. The van der Waals surface area contributed by atoms with Crippen molar-refractivity contribution in [2.45, 2.75) is 13.3 Å². The third-order valence-corrected chi connectivity index (χ3v) is 4.57. The summed E-state index contributed by atoms with van der Waals surface area (Å²) < 4.78 is 11.1. The Bertz CT molecular complexity index is 1160. The molecule has 2 heterocycles. The number of rotatable bonds is 6. The number of nitrogens with one attached hydrogen (secondary N) is 1. The molecule has 7 heteroatoms. The minimum Gasteiger partial charge on any atom is -0.491 e. The van der Waals surface area contributed by atoms with Gasteiger partial charge in [0.05, 0.1) is 12.3 Å². The van der Waals surface area contributed by atoms with Gasteiger partial charge in [-0.2, -0.15) is 0 Å². The summed E-state index contributed by atoms with van der Waals surface area (Å²) in [5.41, 5.74) is 2.28. The molecular formula is C22H18ClN3O3. The number of carbonyl (C=O) groups excluding carboxylic acids is 1. The van der Waals surface area contributed by atoms with Crippen molar-refractivity contribution in [1.82, 2.24) is 10.1 Å². The number of ether oxygens (including phenoxy) is 1. The SMILES string of the molecule is CCCOc1ccc(NC(=O)c2cc(-c3ccc(Cl)cc3)on2)c2cccnc12. The monoisotopic (exact) mass is 407 g/mol. The summed E-state index contributed by atoms with van der Waals surface area (Å²) in [6.07, 6.45) is 2.59. The van der Waals surface area contributed by atoms with E-state index in [-0.39, 0.29) is 11.6 Å². The van der Waals surface area contributed by atoms with Gasteiger partial charge in [-0.15, -0.1) is 0 Å². The molecule has 0 spiro atoms. The highest BCUT2D eigenvalue weighted by atomic mass is 35.5. The predicted molar refractivity (Wildman–Crippen MR) is 112 cm³/mol. The average Bonchev–Trinajstić information content (AvgIpc) is 3.24. The minimum atomic E-state index is -0.374. The van der Waals surface area contributed by atoms with Crippen LogP contribution in [0.5, 0.6) is 5.75 Å². The standard InChI is InChI=1S/C22H18ClN3O3/c1-2-12-28-19-10-9-17(16-4-3-11-24-21(16)19)25-22(27)18-13-20(29-26-18)14-5-7-15(23)8-6-14/h3-11,13H,2,12H2,1H3,(H,25,27). The molecule has 2 aromatic heterocycles. The van der Waals surface area contributed by atoms with Crippen LogP contribution in [0.4, 0.5) is 5.69 Å². The fourth-order valence-corrected chi connectivity index (χ4v) is 3.03. The van der Waals surface area contributed by atoms with Gasteiger partial charge in [0.25, 0.3) is 5.91 Å². The predicted octanol–water partition coefficient (Wildman–Crippen LogP) is 5.58. The molecule has 4 aromatic rings. The summed E-state index contributed by atoms with van der Waals surface area (Å²) in [4.78, 5) is 17.1. The number of hydrogen-bond donors (Lipinski definition) is 1. The lowest BCUT2D eigenvalue weighted by Crippen LogP contribution is -2.12. The van der Waals surface area contributed by atoms with Gasteiger partial charge in [-0.3, -0.25) is 9.78 Å². The maximum atomic E-state index is 12.7.